The van der Waals surface area contributed by atoms with E-state index in [-0.39, 0.29) is 12.1 Å². The summed E-state index contributed by atoms with van der Waals surface area (Å²) in [6.07, 6.45) is 0.663. The number of nitrogens with zero attached hydrogens (tertiary/aromatic N) is 1. The molecule has 0 N–H and O–H groups in total. The van der Waals surface area contributed by atoms with Crippen molar-refractivity contribution >= 4 is 19.4 Å². The fraction of sp³-hybridized carbons (Fsp3) is 0.650. The molecule has 0 spiro atoms. The van der Waals surface area contributed by atoms with Crippen LogP contribution in [0, 0.1) is 0 Å². The van der Waals surface area contributed by atoms with Crippen molar-refractivity contribution in [3.8, 4) is 0 Å². The van der Waals surface area contributed by atoms with Crippen LogP contribution < -0.4 is 5.19 Å². The molecule has 0 aliphatic carbocycles. The molecule has 1 atom stereocenters. The quantitative estimate of drug-likeness (QED) is 0.746. The second kappa shape index (κ2) is 7.12. The van der Waals surface area contributed by atoms with E-state index < -0.39 is 19.4 Å². The monoisotopic (exact) mass is 363 g/mol. The lowest BCUT2D eigenvalue weighted by Gasteiger charge is -2.36. The minimum Gasteiger partial charge on any atom is -0.444 e. The predicted octanol–water partition coefficient (Wildman–Crippen LogP) is 4.36. The van der Waals surface area contributed by atoms with E-state index in [1.807, 2.05) is 34.6 Å². The lowest BCUT2D eigenvalue weighted by molar-refractivity contribution is -0.0625. The summed E-state index contributed by atoms with van der Waals surface area (Å²) in [6.45, 7) is 14.9. The highest BCUT2D eigenvalue weighted by Crippen LogP contribution is 2.32. The molecule has 1 aromatic carbocycles. The second-order valence-electron chi connectivity index (χ2n) is 9.05. The van der Waals surface area contributed by atoms with Gasteiger partial charge in [0.25, 0.3) is 0 Å². The maximum atomic E-state index is 12.7. The van der Waals surface area contributed by atoms with Crippen LogP contribution in [-0.2, 0) is 9.47 Å². The summed E-state index contributed by atoms with van der Waals surface area (Å²) in [4.78, 5) is 14.5. The summed E-state index contributed by atoms with van der Waals surface area (Å²) in [5.41, 5.74) is -1.12. The van der Waals surface area contributed by atoms with Crippen molar-refractivity contribution in [2.45, 2.75) is 77.5 Å². The Morgan fingerprint density at radius 3 is 2.44 bits per heavy atom. The molecule has 1 fully saturated rings. The van der Waals surface area contributed by atoms with Crippen molar-refractivity contribution < 1.29 is 14.3 Å². The van der Waals surface area contributed by atoms with Crippen LogP contribution in [0.1, 0.15) is 41.0 Å². The third-order valence-electron chi connectivity index (χ3n) is 4.82. The molecule has 1 saturated heterocycles. The first-order valence-corrected chi connectivity index (χ1v) is 12.3. The average molecular weight is 364 g/mol. The van der Waals surface area contributed by atoms with E-state index >= 15 is 0 Å². The molecule has 0 radical (unpaired) electrons. The number of carbonyl (C=O) groups excluding carboxylic acids is 1. The van der Waals surface area contributed by atoms with Gasteiger partial charge in [-0.3, -0.25) is 4.90 Å². The topological polar surface area (TPSA) is 38.8 Å². The van der Waals surface area contributed by atoms with Gasteiger partial charge in [0.2, 0.25) is 0 Å². The number of hydrogen-bond donors (Lipinski definition) is 0. The summed E-state index contributed by atoms with van der Waals surface area (Å²) < 4.78 is 11.5. The van der Waals surface area contributed by atoms with E-state index in [2.05, 4.69) is 43.4 Å². The molecule has 1 amide bonds. The van der Waals surface area contributed by atoms with Crippen molar-refractivity contribution in [1.29, 1.82) is 0 Å². The molecule has 1 aromatic rings. The Bertz CT molecular complexity index is 593. The number of amides is 1. The van der Waals surface area contributed by atoms with Crippen LogP contribution in [0.15, 0.2) is 30.3 Å². The van der Waals surface area contributed by atoms with Crippen LogP contribution in [0.3, 0.4) is 0 Å². The highest BCUT2D eigenvalue weighted by Gasteiger charge is 2.45. The molecule has 0 bridgehead atoms. The van der Waals surface area contributed by atoms with Crippen molar-refractivity contribution in [3.05, 3.63) is 30.3 Å². The Hall–Kier alpha value is -1.33. The van der Waals surface area contributed by atoms with Gasteiger partial charge in [-0.25, -0.2) is 4.79 Å². The first kappa shape index (κ1) is 20.0. The molecular weight excluding hydrogens is 330 g/mol. The third kappa shape index (κ3) is 5.08. The van der Waals surface area contributed by atoms with Gasteiger partial charge < -0.3 is 9.47 Å². The number of ether oxygens (including phenoxy) is 2. The van der Waals surface area contributed by atoms with E-state index in [0.29, 0.717) is 6.61 Å². The third-order valence-corrected chi connectivity index (χ3v) is 8.26. The van der Waals surface area contributed by atoms with E-state index in [4.69, 9.17) is 9.47 Å². The van der Waals surface area contributed by atoms with Gasteiger partial charge in [0.15, 0.2) is 0 Å². The zero-order valence-electron chi connectivity index (χ0n) is 16.8. The molecule has 1 aliphatic heterocycles. The molecule has 2 rings (SSSR count). The summed E-state index contributed by atoms with van der Waals surface area (Å²) in [7, 11) is -1.54. The van der Waals surface area contributed by atoms with Crippen LogP contribution in [-0.4, -0.2) is 43.0 Å². The molecule has 1 heterocycles. The summed E-state index contributed by atoms with van der Waals surface area (Å²) in [5, 5.41) is 1.46. The van der Waals surface area contributed by atoms with E-state index in [1.54, 1.807) is 4.90 Å². The fourth-order valence-corrected chi connectivity index (χ4v) is 5.78. The molecule has 25 heavy (non-hydrogen) atoms. The van der Waals surface area contributed by atoms with Crippen LogP contribution >= 0.6 is 0 Å². The molecule has 0 aromatic heterocycles. The Balaban J connectivity index is 2.08. The molecule has 1 aliphatic rings. The van der Waals surface area contributed by atoms with Gasteiger partial charge in [0.05, 0.1) is 20.7 Å². The number of carbonyl (C=O) groups is 1. The second-order valence-corrected chi connectivity index (χ2v) is 13.9. The van der Waals surface area contributed by atoms with Crippen molar-refractivity contribution in [2.75, 3.05) is 6.61 Å². The van der Waals surface area contributed by atoms with Crippen molar-refractivity contribution in [1.82, 2.24) is 4.90 Å². The van der Waals surface area contributed by atoms with Crippen LogP contribution in [0.2, 0.25) is 19.1 Å². The zero-order valence-corrected chi connectivity index (χ0v) is 17.8. The van der Waals surface area contributed by atoms with Crippen LogP contribution in [0.25, 0.3) is 0 Å². The summed E-state index contributed by atoms with van der Waals surface area (Å²) in [6, 6.07) is 11.9. The lowest BCUT2D eigenvalue weighted by atomic mass is 10.1. The van der Waals surface area contributed by atoms with Gasteiger partial charge in [-0.15, -0.1) is 0 Å². The summed E-state index contributed by atoms with van der Waals surface area (Å²) >= 11 is 0. The maximum Gasteiger partial charge on any atom is 0.412 e. The highest BCUT2D eigenvalue weighted by molar-refractivity contribution is 6.89. The molecule has 0 saturated carbocycles. The minimum absolute atomic E-state index is 0.0698. The first-order chi connectivity index (χ1) is 11.4. The maximum absolute atomic E-state index is 12.7. The molecule has 140 valence electrons. The Morgan fingerprint density at radius 1 is 1.28 bits per heavy atom. The van der Waals surface area contributed by atoms with Gasteiger partial charge in [-0.05, 0) is 41.0 Å². The zero-order chi connectivity index (χ0) is 18.9. The molecule has 1 unspecified atom stereocenters. The average Bonchev–Trinajstić information content (AvgIpc) is 2.79. The molecule has 5 heteroatoms. The first-order valence-electron chi connectivity index (χ1n) is 9.14. The molecular formula is C20H33NO3Si. The van der Waals surface area contributed by atoms with Crippen molar-refractivity contribution in [2.24, 2.45) is 0 Å². The highest BCUT2D eigenvalue weighted by atomic mass is 28.3. The minimum atomic E-state index is -1.54. The standard InChI is InChI=1S/C20H33NO3Si/c1-19(2,3)24-18(22)21-16(15-23-20(21,4)5)13-14-25(6,7)17-11-9-8-10-12-17/h8-12,16H,13-15H2,1-7H3. The van der Waals surface area contributed by atoms with E-state index in [0.717, 1.165) is 12.5 Å². The smallest absolute Gasteiger partial charge is 0.412 e. The van der Waals surface area contributed by atoms with E-state index in [9.17, 15) is 4.79 Å². The number of benzene rings is 1. The Kier molecular flexibility index (Phi) is 5.69. The number of hydrogen-bond acceptors (Lipinski definition) is 3. The van der Waals surface area contributed by atoms with E-state index in [1.165, 1.54) is 5.19 Å². The van der Waals surface area contributed by atoms with Crippen molar-refractivity contribution in [3.63, 3.8) is 0 Å². The number of rotatable bonds is 4. The van der Waals surface area contributed by atoms with Gasteiger partial charge in [-0.2, -0.15) is 0 Å². The van der Waals surface area contributed by atoms with Gasteiger partial charge >= 0.3 is 6.09 Å². The Labute approximate surface area is 153 Å². The fourth-order valence-electron chi connectivity index (χ4n) is 3.34. The Morgan fingerprint density at radius 2 is 1.88 bits per heavy atom. The van der Waals surface area contributed by atoms with Gasteiger partial charge in [-0.1, -0.05) is 54.7 Å². The largest absolute Gasteiger partial charge is 0.444 e. The van der Waals surface area contributed by atoms with Gasteiger partial charge in [0.1, 0.15) is 11.3 Å². The summed E-state index contributed by atoms with van der Waals surface area (Å²) in [5.74, 6) is 0. The van der Waals surface area contributed by atoms with Gasteiger partial charge in [0, 0.05) is 0 Å². The van der Waals surface area contributed by atoms with Crippen LogP contribution in [0.4, 0.5) is 4.79 Å². The SMILES string of the molecule is CC(C)(C)OC(=O)N1C(CC[Si](C)(C)c2ccccc2)COC1(C)C. The van der Waals surface area contributed by atoms with Crippen LogP contribution in [0.5, 0.6) is 0 Å². The lowest BCUT2D eigenvalue weighted by Crippen LogP contribution is -2.50. The predicted molar refractivity (Wildman–Crippen MR) is 105 cm³/mol. The molecule has 4 nitrogen and oxygen atoms in total. The normalized spacial score (nSPS) is 20.6.